The van der Waals surface area contributed by atoms with E-state index in [0.717, 1.165) is 16.8 Å². The van der Waals surface area contributed by atoms with Crippen LogP contribution in [-0.2, 0) is 6.54 Å². The molecule has 0 atom stereocenters. The van der Waals surface area contributed by atoms with Gasteiger partial charge in [0.15, 0.2) is 0 Å². The molecule has 0 aliphatic carbocycles. The van der Waals surface area contributed by atoms with E-state index >= 15 is 0 Å². The molecule has 0 radical (unpaired) electrons. The van der Waals surface area contributed by atoms with Crippen molar-refractivity contribution in [1.29, 1.82) is 0 Å². The number of allylic oxidation sites excluding steroid dienone is 1. The zero-order valence-electron chi connectivity index (χ0n) is 12.2. The maximum Gasteiger partial charge on any atom is 0.260 e. The average molecular weight is 298 g/mol. The lowest BCUT2D eigenvalue weighted by molar-refractivity contribution is 0.756. The number of nitrogens with one attached hydrogen (secondary N) is 1. The van der Waals surface area contributed by atoms with Crippen LogP contribution in [0.15, 0.2) is 45.5 Å². The van der Waals surface area contributed by atoms with Crippen molar-refractivity contribution in [3.05, 3.63) is 62.2 Å². The first-order valence-corrected chi connectivity index (χ1v) is 7.63. The van der Waals surface area contributed by atoms with Crippen LogP contribution in [0.5, 0.6) is 0 Å². The van der Waals surface area contributed by atoms with Crippen molar-refractivity contribution < 1.29 is 0 Å². The highest BCUT2D eigenvalue weighted by Gasteiger charge is 2.10. The third-order valence-corrected chi connectivity index (χ3v) is 3.82. The molecule has 0 aliphatic rings. The minimum absolute atomic E-state index is 0.00979. The lowest BCUT2D eigenvalue weighted by Crippen LogP contribution is -2.27. The van der Waals surface area contributed by atoms with E-state index < -0.39 is 0 Å². The Morgan fingerprint density at radius 3 is 2.86 bits per heavy atom. The molecule has 0 fully saturated rings. The second-order valence-electron chi connectivity index (χ2n) is 4.92. The Hall–Kier alpha value is -2.25. The van der Waals surface area contributed by atoms with Crippen LogP contribution in [0.4, 0.5) is 0 Å². The number of thiophene rings is 1. The van der Waals surface area contributed by atoms with Gasteiger partial charge in [-0.15, -0.1) is 6.42 Å². The first-order chi connectivity index (χ1) is 10.1. The van der Waals surface area contributed by atoms with Crippen LogP contribution in [-0.4, -0.2) is 11.1 Å². The largest absolute Gasteiger partial charge is 0.374 e. The quantitative estimate of drug-likeness (QED) is 0.861. The van der Waals surface area contributed by atoms with Crippen molar-refractivity contribution >= 4 is 17.0 Å². The molecule has 0 aliphatic heterocycles. The maximum absolute atomic E-state index is 12.6. The van der Waals surface area contributed by atoms with Crippen molar-refractivity contribution in [2.45, 2.75) is 20.4 Å². The number of terminal acetylenes is 1. The standard InChI is InChI=1S/C17H18N2OS/c1-4-8-18-16(13(2)3)15-6-5-9-19(17(15)20)11-14-7-10-21-12-14/h1,5-7,9-10,12,18H,8,11H2,2-3H3. The number of pyridine rings is 1. The first kappa shape index (κ1) is 15.1. The number of aromatic nitrogens is 1. The summed E-state index contributed by atoms with van der Waals surface area (Å²) in [4.78, 5) is 12.6. The van der Waals surface area contributed by atoms with Crippen LogP contribution in [0.1, 0.15) is 25.0 Å². The lowest BCUT2D eigenvalue weighted by atomic mass is 10.1. The maximum atomic E-state index is 12.6. The highest BCUT2D eigenvalue weighted by atomic mass is 32.1. The van der Waals surface area contributed by atoms with Crippen LogP contribution in [0.2, 0.25) is 0 Å². The molecule has 21 heavy (non-hydrogen) atoms. The van der Waals surface area contributed by atoms with Gasteiger partial charge in [-0.3, -0.25) is 4.79 Å². The second kappa shape index (κ2) is 6.96. The summed E-state index contributed by atoms with van der Waals surface area (Å²) in [6.07, 6.45) is 7.11. The minimum Gasteiger partial charge on any atom is -0.374 e. The van der Waals surface area contributed by atoms with Crippen LogP contribution >= 0.6 is 11.3 Å². The van der Waals surface area contributed by atoms with Crippen molar-refractivity contribution in [3.8, 4) is 12.3 Å². The lowest BCUT2D eigenvalue weighted by Gasteiger charge is -2.13. The predicted molar refractivity (Wildman–Crippen MR) is 89.2 cm³/mol. The predicted octanol–water partition coefficient (Wildman–Crippen LogP) is 2.93. The van der Waals surface area contributed by atoms with Crippen LogP contribution in [0.25, 0.3) is 5.70 Å². The van der Waals surface area contributed by atoms with Crippen molar-refractivity contribution in [2.75, 3.05) is 6.54 Å². The van der Waals surface area contributed by atoms with Crippen molar-refractivity contribution in [3.63, 3.8) is 0 Å². The van der Waals surface area contributed by atoms with E-state index in [1.807, 2.05) is 43.6 Å². The average Bonchev–Trinajstić information content (AvgIpc) is 2.95. The summed E-state index contributed by atoms with van der Waals surface area (Å²) in [5.41, 5.74) is 3.63. The molecule has 0 spiro atoms. The number of hydrogen-bond acceptors (Lipinski definition) is 3. The molecule has 0 bridgehead atoms. The Balaban J connectivity index is 2.39. The van der Waals surface area contributed by atoms with Gasteiger partial charge in [0.2, 0.25) is 0 Å². The highest BCUT2D eigenvalue weighted by molar-refractivity contribution is 7.07. The molecular weight excluding hydrogens is 280 g/mol. The Bertz CT molecular complexity index is 729. The van der Waals surface area contributed by atoms with Crippen LogP contribution < -0.4 is 10.9 Å². The first-order valence-electron chi connectivity index (χ1n) is 6.69. The zero-order chi connectivity index (χ0) is 15.2. The smallest absolute Gasteiger partial charge is 0.260 e. The van der Waals surface area contributed by atoms with E-state index in [2.05, 4.69) is 16.6 Å². The Morgan fingerprint density at radius 2 is 2.24 bits per heavy atom. The molecule has 0 aromatic carbocycles. The summed E-state index contributed by atoms with van der Waals surface area (Å²) < 4.78 is 1.72. The summed E-state index contributed by atoms with van der Waals surface area (Å²) in [6.45, 7) is 4.92. The molecule has 2 aromatic rings. The van der Waals surface area contributed by atoms with Crippen LogP contribution in [0, 0.1) is 12.3 Å². The molecule has 0 saturated carbocycles. The van der Waals surface area contributed by atoms with Gasteiger partial charge in [0.1, 0.15) is 0 Å². The van der Waals surface area contributed by atoms with E-state index in [1.54, 1.807) is 15.9 Å². The molecule has 108 valence electrons. The zero-order valence-corrected chi connectivity index (χ0v) is 13.0. The Labute approximate surface area is 128 Å². The molecule has 0 saturated heterocycles. The summed E-state index contributed by atoms with van der Waals surface area (Å²) >= 11 is 1.63. The number of hydrogen-bond donors (Lipinski definition) is 1. The summed E-state index contributed by atoms with van der Waals surface area (Å²) in [5, 5.41) is 7.21. The van der Waals surface area contributed by atoms with Gasteiger partial charge in [-0.25, -0.2) is 0 Å². The number of nitrogens with zero attached hydrogens (tertiary/aromatic N) is 1. The van der Waals surface area contributed by atoms with E-state index in [1.165, 1.54) is 0 Å². The highest BCUT2D eigenvalue weighted by Crippen LogP contribution is 2.13. The van der Waals surface area contributed by atoms with Gasteiger partial charge in [0.25, 0.3) is 5.56 Å². The molecular formula is C17H18N2OS. The Morgan fingerprint density at radius 1 is 1.43 bits per heavy atom. The molecule has 3 nitrogen and oxygen atoms in total. The normalized spacial score (nSPS) is 9.95. The second-order valence-corrected chi connectivity index (χ2v) is 5.70. The van der Waals surface area contributed by atoms with E-state index in [0.29, 0.717) is 18.7 Å². The Kier molecular flexibility index (Phi) is 5.02. The van der Waals surface area contributed by atoms with Crippen LogP contribution in [0.3, 0.4) is 0 Å². The summed E-state index contributed by atoms with van der Waals surface area (Å²) in [6, 6.07) is 5.75. The molecule has 4 heteroatoms. The van der Waals surface area contributed by atoms with Gasteiger partial charge in [-0.05, 0) is 48.4 Å². The number of rotatable bonds is 5. The van der Waals surface area contributed by atoms with Crippen molar-refractivity contribution in [2.24, 2.45) is 0 Å². The van der Waals surface area contributed by atoms with Gasteiger partial charge < -0.3 is 9.88 Å². The molecule has 2 aromatic heterocycles. The van der Waals surface area contributed by atoms with Gasteiger partial charge in [0, 0.05) is 11.9 Å². The summed E-state index contributed by atoms with van der Waals surface area (Å²) in [7, 11) is 0. The van der Waals surface area contributed by atoms with E-state index in [4.69, 9.17) is 6.42 Å². The monoisotopic (exact) mass is 298 g/mol. The molecule has 0 unspecified atom stereocenters. The topological polar surface area (TPSA) is 34.0 Å². The fourth-order valence-corrected chi connectivity index (χ4v) is 2.77. The third-order valence-electron chi connectivity index (χ3n) is 3.09. The van der Waals surface area contributed by atoms with E-state index in [9.17, 15) is 4.79 Å². The van der Waals surface area contributed by atoms with Gasteiger partial charge in [0.05, 0.1) is 18.7 Å². The third kappa shape index (κ3) is 3.65. The van der Waals surface area contributed by atoms with Gasteiger partial charge in [-0.2, -0.15) is 11.3 Å². The molecule has 2 heterocycles. The fourth-order valence-electron chi connectivity index (χ4n) is 2.11. The van der Waals surface area contributed by atoms with Gasteiger partial charge in [-0.1, -0.05) is 11.5 Å². The minimum atomic E-state index is -0.00979. The molecule has 0 amide bonds. The summed E-state index contributed by atoms with van der Waals surface area (Å²) in [5.74, 6) is 2.54. The fraction of sp³-hybridized carbons (Fsp3) is 0.235. The molecule has 2 rings (SSSR count). The molecule has 1 N–H and O–H groups in total. The van der Waals surface area contributed by atoms with Gasteiger partial charge >= 0.3 is 0 Å². The SMILES string of the molecule is C#CCNC(=C(C)C)c1cccn(Cc2ccsc2)c1=O. The van der Waals surface area contributed by atoms with Crippen molar-refractivity contribution in [1.82, 2.24) is 9.88 Å². The van der Waals surface area contributed by atoms with E-state index in [-0.39, 0.29) is 5.56 Å².